The number of ether oxygens (including phenoxy) is 1. The molecule has 1 atom stereocenters. The molecule has 3 aliphatic rings. The minimum Gasteiger partial charge on any atom is -0.376 e. The number of fused-ring (bicyclic) bond motifs is 2. The number of hydrogen-bond acceptors (Lipinski definition) is 5. The first kappa shape index (κ1) is 20.3. The highest BCUT2D eigenvalue weighted by atomic mass is 32.2. The molecule has 10 heteroatoms. The summed E-state index contributed by atoms with van der Waals surface area (Å²) in [4.78, 5) is 12.8. The van der Waals surface area contributed by atoms with Gasteiger partial charge in [-0.25, -0.2) is 13.8 Å². The molecule has 1 fully saturated rings. The Morgan fingerprint density at radius 1 is 1.23 bits per heavy atom. The Labute approximate surface area is 181 Å². The van der Waals surface area contributed by atoms with E-state index in [1.165, 1.54) is 26.3 Å². The summed E-state index contributed by atoms with van der Waals surface area (Å²) in [5.74, 6) is 0. The summed E-state index contributed by atoms with van der Waals surface area (Å²) >= 11 is 0. The Kier molecular flexibility index (Phi) is 5.13. The summed E-state index contributed by atoms with van der Waals surface area (Å²) in [5.41, 5.74) is 5.95. The molecule has 0 bridgehead atoms. The normalized spacial score (nSPS) is 19.5. The van der Waals surface area contributed by atoms with Crippen molar-refractivity contribution >= 4 is 27.6 Å². The van der Waals surface area contributed by atoms with Crippen molar-refractivity contribution in [3.63, 3.8) is 0 Å². The van der Waals surface area contributed by atoms with E-state index in [4.69, 9.17) is 4.74 Å². The summed E-state index contributed by atoms with van der Waals surface area (Å²) < 4.78 is 37.1. The van der Waals surface area contributed by atoms with Gasteiger partial charge in [-0.1, -0.05) is 6.07 Å². The van der Waals surface area contributed by atoms with Gasteiger partial charge < -0.3 is 10.1 Å². The minimum atomic E-state index is -4.15. The van der Waals surface area contributed by atoms with Crippen LogP contribution in [0.2, 0.25) is 0 Å². The molecule has 0 unspecified atom stereocenters. The molecule has 2 N–H and O–H groups in total. The van der Waals surface area contributed by atoms with Gasteiger partial charge in [0.1, 0.15) is 0 Å². The monoisotopic (exact) mass is 445 g/mol. The van der Waals surface area contributed by atoms with Gasteiger partial charge in [-0.15, -0.1) is 0 Å². The lowest BCUT2D eigenvalue weighted by molar-refractivity contribution is 0.0228. The Bertz CT molecular complexity index is 1090. The number of aromatic nitrogens is 2. The lowest BCUT2D eigenvalue weighted by Crippen LogP contribution is -2.48. The average Bonchev–Trinajstić information content (AvgIpc) is 3.09. The van der Waals surface area contributed by atoms with E-state index in [0.717, 1.165) is 61.8 Å². The number of amides is 2. The molecule has 0 saturated carbocycles. The second-order valence-corrected chi connectivity index (χ2v) is 10.1. The number of carbonyl (C=O) groups excluding carboxylic acids is 1. The quantitative estimate of drug-likeness (QED) is 0.708. The van der Waals surface area contributed by atoms with Crippen LogP contribution in [0, 0.1) is 0 Å². The van der Waals surface area contributed by atoms with Crippen molar-refractivity contribution in [2.75, 3.05) is 22.8 Å². The molecular weight excluding hydrogens is 418 g/mol. The molecule has 2 aliphatic carbocycles. The zero-order valence-electron chi connectivity index (χ0n) is 17.6. The molecule has 31 heavy (non-hydrogen) atoms. The molecule has 1 aliphatic heterocycles. The van der Waals surface area contributed by atoms with E-state index >= 15 is 0 Å². The maximum atomic E-state index is 13.2. The number of hydrogen-bond donors (Lipinski definition) is 2. The van der Waals surface area contributed by atoms with Crippen molar-refractivity contribution in [2.45, 2.75) is 51.0 Å². The molecule has 2 amide bonds. The van der Waals surface area contributed by atoms with Gasteiger partial charge in [0.2, 0.25) is 0 Å². The third-order valence-corrected chi connectivity index (χ3v) is 7.77. The molecule has 0 spiro atoms. The van der Waals surface area contributed by atoms with Crippen LogP contribution < -0.4 is 14.3 Å². The SMILES string of the molecule is Cn1cc(N(C[C@H]2CCCCO2)S(=O)(=O)NC(=O)Nc2c3c(cc4c2CC4)CC3)cn1. The number of carbonyl (C=O) groups is 1. The molecule has 0 radical (unpaired) electrons. The van der Waals surface area contributed by atoms with Gasteiger partial charge in [0.05, 0.1) is 24.5 Å². The van der Waals surface area contributed by atoms with Crippen LogP contribution in [0.15, 0.2) is 18.5 Å². The van der Waals surface area contributed by atoms with Crippen LogP contribution in [0.3, 0.4) is 0 Å². The predicted octanol–water partition coefficient (Wildman–Crippen LogP) is 2.06. The maximum Gasteiger partial charge on any atom is 0.334 e. The van der Waals surface area contributed by atoms with Gasteiger partial charge in [0.15, 0.2) is 0 Å². The van der Waals surface area contributed by atoms with E-state index < -0.39 is 16.2 Å². The van der Waals surface area contributed by atoms with Gasteiger partial charge >= 0.3 is 16.2 Å². The number of urea groups is 1. The largest absolute Gasteiger partial charge is 0.376 e. The second-order valence-electron chi connectivity index (χ2n) is 8.48. The molecule has 1 aromatic carbocycles. The Morgan fingerprint density at radius 2 is 1.97 bits per heavy atom. The van der Waals surface area contributed by atoms with Crippen molar-refractivity contribution in [3.8, 4) is 0 Å². The summed E-state index contributed by atoms with van der Waals surface area (Å²) in [6, 6.07) is 1.47. The highest BCUT2D eigenvalue weighted by Crippen LogP contribution is 2.40. The van der Waals surface area contributed by atoms with Gasteiger partial charge in [-0.3, -0.25) is 4.68 Å². The average molecular weight is 446 g/mol. The Morgan fingerprint density at radius 3 is 2.52 bits per heavy atom. The summed E-state index contributed by atoms with van der Waals surface area (Å²) in [5, 5.41) is 6.92. The second kappa shape index (κ2) is 7.83. The van der Waals surface area contributed by atoms with Crippen LogP contribution in [-0.4, -0.2) is 43.5 Å². The summed E-state index contributed by atoms with van der Waals surface area (Å²) in [6.07, 6.45) is 9.44. The van der Waals surface area contributed by atoms with E-state index in [2.05, 4.69) is 21.2 Å². The zero-order valence-corrected chi connectivity index (χ0v) is 18.4. The molecule has 5 rings (SSSR count). The molecule has 166 valence electrons. The fourth-order valence-electron chi connectivity index (χ4n) is 4.55. The molecule has 1 aromatic heterocycles. The number of nitrogens with one attached hydrogen (secondary N) is 2. The van der Waals surface area contributed by atoms with Crippen LogP contribution in [0.4, 0.5) is 16.2 Å². The lowest BCUT2D eigenvalue weighted by atomic mass is 9.76. The van der Waals surface area contributed by atoms with Crippen molar-refractivity contribution in [2.24, 2.45) is 7.05 Å². The van der Waals surface area contributed by atoms with Crippen LogP contribution in [-0.2, 0) is 47.7 Å². The molecule has 1 saturated heterocycles. The van der Waals surface area contributed by atoms with Crippen LogP contribution in [0.25, 0.3) is 0 Å². The Balaban J connectivity index is 1.35. The zero-order chi connectivity index (χ0) is 21.6. The minimum absolute atomic E-state index is 0.129. The first-order chi connectivity index (χ1) is 14.9. The highest BCUT2D eigenvalue weighted by Gasteiger charge is 2.32. The molecular formula is C21H27N5O4S. The molecule has 9 nitrogen and oxygen atoms in total. The number of benzene rings is 1. The van der Waals surface area contributed by atoms with Crippen LogP contribution in [0.5, 0.6) is 0 Å². The number of rotatable bonds is 6. The lowest BCUT2D eigenvalue weighted by Gasteiger charge is -2.32. The first-order valence-corrected chi connectivity index (χ1v) is 12.2. The van der Waals surface area contributed by atoms with Gasteiger partial charge in [-0.05, 0) is 67.2 Å². The van der Waals surface area contributed by atoms with E-state index in [1.54, 1.807) is 13.2 Å². The number of aryl methyl sites for hydroxylation is 3. The Hall–Kier alpha value is -2.59. The van der Waals surface area contributed by atoms with Crippen LogP contribution in [0.1, 0.15) is 41.5 Å². The van der Waals surface area contributed by atoms with Gasteiger partial charge in [0, 0.05) is 25.5 Å². The van der Waals surface area contributed by atoms with E-state index in [1.807, 2.05) is 0 Å². The van der Waals surface area contributed by atoms with Gasteiger partial charge in [0.25, 0.3) is 0 Å². The topological polar surface area (TPSA) is 106 Å². The van der Waals surface area contributed by atoms with Crippen molar-refractivity contribution in [1.82, 2.24) is 14.5 Å². The van der Waals surface area contributed by atoms with Crippen molar-refractivity contribution in [1.29, 1.82) is 0 Å². The van der Waals surface area contributed by atoms with Crippen molar-refractivity contribution in [3.05, 3.63) is 40.7 Å². The van der Waals surface area contributed by atoms with Crippen LogP contribution >= 0.6 is 0 Å². The molecule has 2 heterocycles. The van der Waals surface area contributed by atoms with Gasteiger partial charge in [-0.2, -0.15) is 13.5 Å². The summed E-state index contributed by atoms with van der Waals surface area (Å²) in [6.45, 7) is 0.744. The third kappa shape index (κ3) is 3.89. The predicted molar refractivity (Wildman–Crippen MR) is 116 cm³/mol. The highest BCUT2D eigenvalue weighted by molar-refractivity contribution is 7.91. The fraction of sp³-hybridized carbons (Fsp3) is 0.524. The smallest absolute Gasteiger partial charge is 0.334 e. The van der Waals surface area contributed by atoms with Crippen molar-refractivity contribution < 1.29 is 17.9 Å². The third-order valence-electron chi connectivity index (χ3n) is 6.39. The molecule has 2 aromatic rings. The standard InChI is InChI=1S/C21H27N5O4S/c1-25-12-16(11-22-25)26(13-17-4-2-3-9-30-17)31(28,29)24-21(27)23-20-18-7-5-14(18)10-15-6-8-19(15)20/h10-12,17H,2-9,13H2,1H3,(H2,23,24,27)/t17-/m1/s1. The van der Waals surface area contributed by atoms with E-state index in [-0.39, 0.29) is 12.6 Å². The summed E-state index contributed by atoms with van der Waals surface area (Å²) in [7, 11) is -2.43. The van der Waals surface area contributed by atoms with E-state index in [9.17, 15) is 13.2 Å². The van der Waals surface area contributed by atoms with E-state index in [0.29, 0.717) is 12.3 Å². The maximum absolute atomic E-state index is 13.2. The number of anilines is 2. The first-order valence-electron chi connectivity index (χ1n) is 10.8. The fourth-order valence-corrected chi connectivity index (χ4v) is 5.68. The number of nitrogens with zero attached hydrogens (tertiary/aromatic N) is 3.